The Balaban J connectivity index is 1.42. The molecule has 0 aliphatic carbocycles. The number of nitrogens with zero attached hydrogens (tertiary/aromatic N) is 6. The molecule has 2 fully saturated rings. The number of aromatic nitrogens is 2. The van der Waals surface area contributed by atoms with Gasteiger partial charge in [0.05, 0.1) is 24.8 Å². The lowest BCUT2D eigenvalue weighted by Crippen LogP contribution is -2.49. The van der Waals surface area contributed by atoms with E-state index in [-0.39, 0.29) is 5.91 Å². The van der Waals surface area contributed by atoms with E-state index in [1.807, 2.05) is 17.9 Å². The molecule has 0 unspecified atom stereocenters. The largest absolute Gasteiger partial charge is 0.378 e. The third-order valence-electron chi connectivity index (χ3n) is 5.27. The number of carbonyl (C=O) groups is 1. The van der Waals surface area contributed by atoms with Crippen molar-refractivity contribution in [3.63, 3.8) is 0 Å². The van der Waals surface area contributed by atoms with Gasteiger partial charge in [0.1, 0.15) is 5.82 Å². The van der Waals surface area contributed by atoms with E-state index >= 15 is 0 Å². The van der Waals surface area contributed by atoms with E-state index in [0.717, 1.165) is 43.6 Å². The molecule has 2 aliphatic heterocycles. The molecule has 1 aromatic heterocycles. The van der Waals surface area contributed by atoms with Crippen molar-refractivity contribution in [1.82, 2.24) is 14.9 Å². The number of hydrogen-bond acceptors (Lipinski definition) is 7. The number of rotatable bonds is 3. The fraction of sp³-hybridized carbons (Fsp3) is 0.429. The van der Waals surface area contributed by atoms with Crippen LogP contribution in [-0.2, 0) is 4.74 Å². The van der Waals surface area contributed by atoms with Crippen molar-refractivity contribution in [2.45, 2.75) is 6.92 Å². The molecule has 1 aromatic carbocycles. The fourth-order valence-electron chi connectivity index (χ4n) is 3.61. The van der Waals surface area contributed by atoms with E-state index in [4.69, 9.17) is 15.0 Å². The van der Waals surface area contributed by atoms with Crippen LogP contribution < -0.4 is 9.80 Å². The summed E-state index contributed by atoms with van der Waals surface area (Å²) < 4.78 is 5.42. The Labute approximate surface area is 170 Å². The molecule has 8 nitrogen and oxygen atoms in total. The number of carbonyl (C=O) groups excluding carboxylic acids is 1. The van der Waals surface area contributed by atoms with E-state index in [2.05, 4.69) is 20.9 Å². The molecule has 2 aromatic rings. The summed E-state index contributed by atoms with van der Waals surface area (Å²) in [5, 5.41) is 8.90. The minimum absolute atomic E-state index is 0.00186. The SMILES string of the molecule is Cc1cc(N2CCN(C(=O)c3ccc(C#N)cc3)CC2)nc(N2CCOCC2)n1. The molecular formula is C21H24N6O2. The predicted octanol–water partition coefficient (Wildman–Crippen LogP) is 1.46. The molecule has 0 N–H and O–H groups in total. The van der Waals surface area contributed by atoms with Gasteiger partial charge in [-0.2, -0.15) is 10.2 Å². The van der Waals surface area contributed by atoms with Gasteiger partial charge in [-0.15, -0.1) is 0 Å². The fourth-order valence-corrected chi connectivity index (χ4v) is 3.61. The Morgan fingerprint density at radius 2 is 1.69 bits per heavy atom. The van der Waals surface area contributed by atoms with Crippen LogP contribution >= 0.6 is 0 Å². The maximum atomic E-state index is 12.7. The number of morpholine rings is 1. The van der Waals surface area contributed by atoms with Crippen molar-refractivity contribution in [1.29, 1.82) is 5.26 Å². The summed E-state index contributed by atoms with van der Waals surface area (Å²) in [4.78, 5) is 28.3. The summed E-state index contributed by atoms with van der Waals surface area (Å²) in [7, 11) is 0. The number of piperazine rings is 1. The first kappa shape index (κ1) is 19.2. The van der Waals surface area contributed by atoms with Crippen molar-refractivity contribution in [3.05, 3.63) is 47.2 Å². The van der Waals surface area contributed by atoms with Crippen molar-refractivity contribution in [2.24, 2.45) is 0 Å². The molecule has 0 radical (unpaired) electrons. The standard InChI is InChI=1S/C21H24N6O2/c1-16-14-19(24-21(23-16)27-10-12-29-13-11-27)25-6-8-26(9-7-25)20(28)18-4-2-17(15-22)3-5-18/h2-5,14H,6-13H2,1H3. The van der Waals surface area contributed by atoms with Gasteiger partial charge in [-0.25, -0.2) is 4.98 Å². The molecule has 2 saturated heterocycles. The van der Waals surface area contributed by atoms with Crippen molar-refractivity contribution < 1.29 is 9.53 Å². The average molecular weight is 392 g/mol. The van der Waals surface area contributed by atoms with Crippen LogP contribution in [0.4, 0.5) is 11.8 Å². The van der Waals surface area contributed by atoms with Crippen LogP contribution in [0.3, 0.4) is 0 Å². The first-order valence-electron chi connectivity index (χ1n) is 9.87. The topological polar surface area (TPSA) is 85.6 Å². The zero-order chi connectivity index (χ0) is 20.2. The molecule has 1 amide bonds. The van der Waals surface area contributed by atoms with Crippen LogP contribution in [0.1, 0.15) is 21.6 Å². The summed E-state index contributed by atoms with van der Waals surface area (Å²) in [6.45, 7) is 7.70. The number of hydrogen-bond donors (Lipinski definition) is 0. The highest BCUT2D eigenvalue weighted by Gasteiger charge is 2.24. The van der Waals surface area contributed by atoms with Gasteiger partial charge < -0.3 is 19.4 Å². The van der Waals surface area contributed by atoms with Crippen LogP contribution in [0, 0.1) is 18.3 Å². The summed E-state index contributed by atoms with van der Waals surface area (Å²) in [6, 6.07) is 10.9. The van der Waals surface area contributed by atoms with Gasteiger partial charge in [0.25, 0.3) is 5.91 Å². The third kappa shape index (κ3) is 4.30. The molecule has 8 heteroatoms. The summed E-state index contributed by atoms with van der Waals surface area (Å²) in [5.41, 5.74) is 2.11. The summed E-state index contributed by atoms with van der Waals surface area (Å²) >= 11 is 0. The van der Waals surface area contributed by atoms with Gasteiger partial charge in [-0.05, 0) is 31.2 Å². The maximum Gasteiger partial charge on any atom is 0.253 e. The Morgan fingerprint density at radius 3 is 2.34 bits per heavy atom. The summed E-state index contributed by atoms with van der Waals surface area (Å²) in [5.74, 6) is 1.66. The van der Waals surface area contributed by atoms with E-state index in [1.54, 1.807) is 24.3 Å². The van der Waals surface area contributed by atoms with Crippen LogP contribution in [0.25, 0.3) is 0 Å². The quantitative estimate of drug-likeness (QED) is 0.782. The molecule has 150 valence electrons. The summed E-state index contributed by atoms with van der Waals surface area (Å²) in [6.07, 6.45) is 0. The Bertz CT molecular complexity index is 910. The Morgan fingerprint density at radius 1 is 1.00 bits per heavy atom. The second-order valence-corrected chi connectivity index (χ2v) is 7.24. The highest BCUT2D eigenvalue weighted by atomic mass is 16.5. The highest BCUT2D eigenvalue weighted by molar-refractivity contribution is 5.94. The number of nitriles is 1. The molecule has 4 rings (SSSR count). The second kappa shape index (κ2) is 8.45. The lowest BCUT2D eigenvalue weighted by molar-refractivity contribution is 0.0746. The number of amides is 1. The molecule has 3 heterocycles. The van der Waals surface area contributed by atoms with Crippen molar-refractivity contribution in [2.75, 3.05) is 62.3 Å². The van der Waals surface area contributed by atoms with Crippen molar-refractivity contribution in [3.8, 4) is 6.07 Å². The molecule has 2 aliphatic rings. The first-order valence-corrected chi connectivity index (χ1v) is 9.87. The van der Waals surface area contributed by atoms with Crippen LogP contribution in [-0.4, -0.2) is 73.3 Å². The minimum Gasteiger partial charge on any atom is -0.378 e. The molecular weight excluding hydrogens is 368 g/mol. The zero-order valence-corrected chi connectivity index (χ0v) is 16.5. The third-order valence-corrected chi connectivity index (χ3v) is 5.27. The van der Waals surface area contributed by atoms with Gasteiger partial charge in [0.2, 0.25) is 5.95 Å². The maximum absolute atomic E-state index is 12.7. The van der Waals surface area contributed by atoms with Gasteiger partial charge in [-0.3, -0.25) is 4.79 Å². The monoisotopic (exact) mass is 392 g/mol. The van der Waals surface area contributed by atoms with Crippen LogP contribution in [0.15, 0.2) is 30.3 Å². The van der Waals surface area contributed by atoms with Crippen LogP contribution in [0.5, 0.6) is 0 Å². The molecule has 0 saturated carbocycles. The van der Waals surface area contributed by atoms with E-state index in [0.29, 0.717) is 37.4 Å². The van der Waals surface area contributed by atoms with E-state index in [1.165, 1.54) is 0 Å². The van der Waals surface area contributed by atoms with Gasteiger partial charge in [0, 0.05) is 56.6 Å². The lowest BCUT2D eigenvalue weighted by atomic mass is 10.1. The minimum atomic E-state index is 0.00186. The zero-order valence-electron chi connectivity index (χ0n) is 16.5. The van der Waals surface area contributed by atoms with Gasteiger partial charge in [-0.1, -0.05) is 0 Å². The van der Waals surface area contributed by atoms with E-state index < -0.39 is 0 Å². The Hall–Kier alpha value is -3.18. The van der Waals surface area contributed by atoms with Gasteiger partial charge >= 0.3 is 0 Å². The molecule has 0 atom stereocenters. The van der Waals surface area contributed by atoms with Crippen molar-refractivity contribution >= 4 is 17.7 Å². The molecule has 0 spiro atoms. The number of benzene rings is 1. The number of ether oxygens (including phenoxy) is 1. The molecule has 0 bridgehead atoms. The lowest BCUT2D eigenvalue weighted by Gasteiger charge is -2.36. The Kier molecular flexibility index (Phi) is 5.58. The highest BCUT2D eigenvalue weighted by Crippen LogP contribution is 2.20. The molecule has 29 heavy (non-hydrogen) atoms. The average Bonchev–Trinajstić information content (AvgIpc) is 2.79. The second-order valence-electron chi connectivity index (χ2n) is 7.24. The number of anilines is 2. The van der Waals surface area contributed by atoms with Gasteiger partial charge in [0.15, 0.2) is 0 Å². The number of aryl methyl sites for hydroxylation is 1. The van der Waals surface area contributed by atoms with E-state index in [9.17, 15) is 4.79 Å². The van der Waals surface area contributed by atoms with Crippen LogP contribution in [0.2, 0.25) is 0 Å². The first-order chi connectivity index (χ1) is 14.1. The predicted molar refractivity (Wildman–Crippen MR) is 109 cm³/mol. The normalized spacial score (nSPS) is 17.2. The smallest absolute Gasteiger partial charge is 0.253 e.